The van der Waals surface area contributed by atoms with Crippen molar-refractivity contribution >= 4 is 0 Å². The summed E-state index contributed by atoms with van der Waals surface area (Å²) in [5.41, 5.74) is 6.13. The van der Waals surface area contributed by atoms with Gasteiger partial charge in [0.2, 0.25) is 0 Å². The first-order valence-corrected chi connectivity index (χ1v) is 7.14. The molecule has 0 bridgehead atoms. The van der Waals surface area contributed by atoms with Crippen molar-refractivity contribution in [1.29, 1.82) is 0 Å². The molecule has 1 aliphatic heterocycles. The third-order valence-electron chi connectivity index (χ3n) is 3.98. The van der Waals surface area contributed by atoms with E-state index < -0.39 is 0 Å². The van der Waals surface area contributed by atoms with Crippen molar-refractivity contribution in [2.45, 2.75) is 71.4 Å². The van der Waals surface area contributed by atoms with Crippen molar-refractivity contribution in [2.24, 2.45) is 11.7 Å². The lowest BCUT2D eigenvalue weighted by molar-refractivity contribution is 0.132. The smallest absolute Gasteiger partial charge is 0.00951 e. The Kier molecular flexibility index (Phi) is 6.37. The SMILES string of the molecule is CCCC1CCCCN1CCC(N)C(C)C. The highest BCUT2D eigenvalue weighted by molar-refractivity contribution is 4.78. The van der Waals surface area contributed by atoms with Gasteiger partial charge in [-0.3, -0.25) is 0 Å². The van der Waals surface area contributed by atoms with Crippen molar-refractivity contribution in [1.82, 2.24) is 4.90 Å². The predicted octanol–water partition coefficient (Wildman–Crippen LogP) is 3.01. The lowest BCUT2D eigenvalue weighted by Crippen LogP contribution is -2.42. The van der Waals surface area contributed by atoms with E-state index >= 15 is 0 Å². The zero-order valence-electron chi connectivity index (χ0n) is 11.4. The Morgan fingerprint density at radius 2 is 2.06 bits per heavy atom. The van der Waals surface area contributed by atoms with E-state index in [4.69, 9.17) is 5.73 Å². The molecule has 2 unspecified atom stereocenters. The second-order valence-electron chi connectivity index (χ2n) is 5.67. The molecule has 2 atom stereocenters. The van der Waals surface area contributed by atoms with E-state index in [1.54, 1.807) is 0 Å². The van der Waals surface area contributed by atoms with Crippen molar-refractivity contribution < 1.29 is 0 Å². The molecule has 1 saturated heterocycles. The van der Waals surface area contributed by atoms with Crippen LogP contribution in [0.5, 0.6) is 0 Å². The normalized spacial score (nSPS) is 24.9. The van der Waals surface area contributed by atoms with E-state index in [9.17, 15) is 0 Å². The Morgan fingerprint density at radius 3 is 2.69 bits per heavy atom. The van der Waals surface area contributed by atoms with Crippen LogP contribution < -0.4 is 5.73 Å². The van der Waals surface area contributed by atoms with E-state index in [2.05, 4.69) is 25.7 Å². The highest BCUT2D eigenvalue weighted by Gasteiger charge is 2.21. The first kappa shape index (κ1) is 14.0. The minimum absolute atomic E-state index is 0.379. The molecule has 2 heteroatoms. The van der Waals surface area contributed by atoms with Crippen LogP contribution in [-0.2, 0) is 0 Å². The fourth-order valence-electron chi connectivity index (χ4n) is 2.66. The molecule has 2 N–H and O–H groups in total. The maximum absolute atomic E-state index is 6.13. The molecule has 0 aromatic heterocycles. The Hall–Kier alpha value is -0.0800. The summed E-state index contributed by atoms with van der Waals surface area (Å²) in [5.74, 6) is 0.620. The van der Waals surface area contributed by atoms with Gasteiger partial charge in [0.15, 0.2) is 0 Å². The Balaban J connectivity index is 2.31. The third-order valence-corrected chi connectivity index (χ3v) is 3.98. The number of nitrogens with zero attached hydrogens (tertiary/aromatic N) is 1. The average Bonchev–Trinajstić information content (AvgIpc) is 2.27. The van der Waals surface area contributed by atoms with Gasteiger partial charge in [0.1, 0.15) is 0 Å². The molecular formula is C14H30N2. The van der Waals surface area contributed by atoms with Gasteiger partial charge in [-0.25, -0.2) is 0 Å². The highest BCUT2D eigenvalue weighted by atomic mass is 15.2. The molecule has 0 saturated carbocycles. The minimum atomic E-state index is 0.379. The second-order valence-corrected chi connectivity index (χ2v) is 5.67. The Morgan fingerprint density at radius 1 is 1.31 bits per heavy atom. The quantitative estimate of drug-likeness (QED) is 0.754. The number of hydrogen-bond donors (Lipinski definition) is 1. The molecule has 96 valence electrons. The van der Waals surface area contributed by atoms with E-state index in [1.165, 1.54) is 45.2 Å². The molecule has 0 aromatic rings. The van der Waals surface area contributed by atoms with Crippen LogP contribution in [0.4, 0.5) is 0 Å². The predicted molar refractivity (Wildman–Crippen MR) is 71.6 cm³/mol. The van der Waals surface area contributed by atoms with Crippen LogP contribution in [0.15, 0.2) is 0 Å². The molecular weight excluding hydrogens is 196 g/mol. The molecule has 1 fully saturated rings. The van der Waals surface area contributed by atoms with Gasteiger partial charge in [-0.2, -0.15) is 0 Å². The van der Waals surface area contributed by atoms with Crippen LogP contribution in [-0.4, -0.2) is 30.1 Å². The maximum atomic E-state index is 6.13. The van der Waals surface area contributed by atoms with Crippen LogP contribution in [0.1, 0.15) is 59.3 Å². The van der Waals surface area contributed by atoms with Gasteiger partial charge in [-0.15, -0.1) is 0 Å². The molecule has 0 aromatic carbocycles. The number of rotatable bonds is 6. The van der Waals surface area contributed by atoms with E-state index in [0.29, 0.717) is 12.0 Å². The standard InChI is InChI=1S/C14H30N2/c1-4-7-13-8-5-6-10-16(13)11-9-14(15)12(2)3/h12-14H,4-11,15H2,1-3H3. The van der Waals surface area contributed by atoms with Crippen molar-refractivity contribution in [2.75, 3.05) is 13.1 Å². The van der Waals surface area contributed by atoms with Crippen molar-refractivity contribution in [3.8, 4) is 0 Å². The first-order valence-electron chi connectivity index (χ1n) is 7.14. The summed E-state index contributed by atoms with van der Waals surface area (Å²) in [6, 6.07) is 1.22. The summed E-state index contributed by atoms with van der Waals surface area (Å²) in [6.07, 6.45) is 8.07. The summed E-state index contributed by atoms with van der Waals surface area (Å²) in [4.78, 5) is 2.69. The minimum Gasteiger partial charge on any atom is -0.327 e. The molecule has 1 heterocycles. The Labute approximate surface area is 102 Å². The molecule has 0 aliphatic carbocycles. The first-order chi connectivity index (χ1) is 7.65. The molecule has 0 amide bonds. The highest BCUT2D eigenvalue weighted by Crippen LogP contribution is 2.21. The van der Waals surface area contributed by atoms with E-state index in [0.717, 1.165) is 12.5 Å². The van der Waals surface area contributed by atoms with E-state index in [-0.39, 0.29) is 0 Å². The molecule has 1 aliphatic rings. The fourth-order valence-corrected chi connectivity index (χ4v) is 2.66. The summed E-state index contributed by atoms with van der Waals surface area (Å²) < 4.78 is 0. The lowest BCUT2D eigenvalue weighted by Gasteiger charge is -2.36. The second kappa shape index (κ2) is 7.29. The average molecular weight is 226 g/mol. The summed E-state index contributed by atoms with van der Waals surface area (Å²) in [6.45, 7) is 9.26. The van der Waals surface area contributed by atoms with Crippen LogP contribution in [0, 0.1) is 5.92 Å². The van der Waals surface area contributed by atoms with Gasteiger partial charge >= 0.3 is 0 Å². The zero-order valence-corrected chi connectivity index (χ0v) is 11.4. The number of hydrogen-bond acceptors (Lipinski definition) is 2. The number of piperidine rings is 1. The monoisotopic (exact) mass is 226 g/mol. The summed E-state index contributed by atoms with van der Waals surface area (Å²) >= 11 is 0. The molecule has 0 radical (unpaired) electrons. The Bertz CT molecular complexity index is 178. The lowest BCUT2D eigenvalue weighted by atomic mass is 9.96. The van der Waals surface area contributed by atoms with Gasteiger partial charge < -0.3 is 10.6 Å². The van der Waals surface area contributed by atoms with Gasteiger partial charge in [0.25, 0.3) is 0 Å². The fraction of sp³-hybridized carbons (Fsp3) is 1.00. The van der Waals surface area contributed by atoms with Gasteiger partial charge in [0, 0.05) is 12.1 Å². The van der Waals surface area contributed by atoms with Gasteiger partial charge in [0.05, 0.1) is 0 Å². The third kappa shape index (κ3) is 4.42. The summed E-state index contributed by atoms with van der Waals surface area (Å²) in [7, 11) is 0. The summed E-state index contributed by atoms with van der Waals surface area (Å²) in [5, 5.41) is 0. The van der Waals surface area contributed by atoms with Crippen molar-refractivity contribution in [3.05, 3.63) is 0 Å². The topological polar surface area (TPSA) is 29.3 Å². The van der Waals surface area contributed by atoms with Crippen LogP contribution in [0.2, 0.25) is 0 Å². The molecule has 0 spiro atoms. The number of nitrogens with two attached hydrogens (primary N) is 1. The largest absolute Gasteiger partial charge is 0.327 e. The van der Waals surface area contributed by atoms with Crippen LogP contribution in [0.25, 0.3) is 0 Å². The van der Waals surface area contributed by atoms with E-state index in [1.807, 2.05) is 0 Å². The van der Waals surface area contributed by atoms with Crippen LogP contribution in [0.3, 0.4) is 0 Å². The number of likely N-dealkylation sites (tertiary alicyclic amines) is 1. The maximum Gasteiger partial charge on any atom is 0.00951 e. The zero-order chi connectivity index (χ0) is 12.0. The van der Waals surface area contributed by atoms with Gasteiger partial charge in [-0.05, 0) is 44.7 Å². The van der Waals surface area contributed by atoms with Crippen molar-refractivity contribution in [3.63, 3.8) is 0 Å². The molecule has 16 heavy (non-hydrogen) atoms. The molecule has 2 nitrogen and oxygen atoms in total. The molecule has 1 rings (SSSR count). The van der Waals surface area contributed by atoms with Gasteiger partial charge in [-0.1, -0.05) is 33.6 Å². The van der Waals surface area contributed by atoms with Crippen LogP contribution >= 0.6 is 0 Å².